The van der Waals surface area contributed by atoms with E-state index in [4.69, 9.17) is 0 Å². The molecule has 0 amide bonds. The number of hydrogen-bond acceptors (Lipinski definition) is 4. The van der Waals surface area contributed by atoms with Crippen LogP contribution in [0.25, 0.3) is 5.57 Å². The number of allylic oxidation sites excluding steroid dienone is 4. The van der Waals surface area contributed by atoms with Crippen LogP contribution in [0.4, 0.5) is 0 Å². The van der Waals surface area contributed by atoms with Gasteiger partial charge in [0.05, 0.1) is 5.41 Å². The van der Waals surface area contributed by atoms with Gasteiger partial charge < -0.3 is 20.4 Å². The van der Waals surface area contributed by atoms with E-state index in [0.29, 0.717) is 0 Å². The molecule has 5 rings (SSSR count). The average molecular weight is 398 g/mol. The fraction of sp³-hybridized carbons (Fsp3) is 0.154. The van der Waals surface area contributed by atoms with E-state index in [1.54, 1.807) is 12.1 Å². The van der Waals surface area contributed by atoms with Crippen LogP contribution in [0.2, 0.25) is 0 Å². The lowest BCUT2D eigenvalue weighted by Gasteiger charge is -2.47. The Hall–Kier alpha value is -3.66. The smallest absolute Gasteiger partial charge is 0.157 e. The zero-order chi connectivity index (χ0) is 21.1. The molecule has 2 aliphatic carbocycles. The molecular formula is C26H22O4. The Balaban J connectivity index is 1.96. The molecule has 0 bridgehead atoms. The Morgan fingerprint density at radius 3 is 1.93 bits per heavy atom. The van der Waals surface area contributed by atoms with Gasteiger partial charge in [0.25, 0.3) is 0 Å². The van der Waals surface area contributed by atoms with Crippen molar-refractivity contribution in [3.05, 3.63) is 101 Å². The molecule has 3 aromatic rings. The lowest BCUT2D eigenvalue weighted by Crippen LogP contribution is -2.42. The summed E-state index contributed by atoms with van der Waals surface area (Å²) in [7, 11) is 0. The second-order valence-electron chi connectivity index (χ2n) is 8.25. The maximum absolute atomic E-state index is 10.4. The first kappa shape index (κ1) is 18.4. The van der Waals surface area contributed by atoms with Gasteiger partial charge in [-0.3, -0.25) is 0 Å². The van der Waals surface area contributed by atoms with Gasteiger partial charge in [0.15, 0.2) is 23.0 Å². The third kappa shape index (κ3) is 2.16. The molecule has 150 valence electrons. The fourth-order valence-corrected chi connectivity index (χ4v) is 5.47. The first-order valence-corrected chi connectivity index (χ1v) is 9.91. The SMILES string of the molecule is CC12CC=CC=C1c1ccccc1C2(c1ccc(O)c(O)c1)c1ccc(O)c(O)c1. The molecule has 0 radical (unpaired) electrons. The average Bonchev–Trinajstić information content (AvgIpc) is 2.98. The summed E-state index contributed by atoms with van der Waals surface area (Å²) in [6.07, 6.45) is 7.07. The number of aromatic hydroxyl groups is 4. The van der Waals surface area contributed by atoms with Crippen LogP contribution < -0.4 is 0 Å². The van der Waals surface area contributed by atoms with Crippen molar-refractivity contribution in [3.63, 3.8) is 0 Å². The molecule has 0 aromatic heterocycles. The molecular weight excluding hydrogens is 376 g/mol. The van der Waals surface area contributed by atoms with Crippen molar-refractivity contribution in [2.75, 3.05) is 0 Å². The molecule has 0 heterocycles. The Kier molecular flexibility index (Phi) is 3.78. The summed E-state index contributed by atoms with van der Waals surface area (Å²) in [6.45, 7) is 2.19. The minimum absolute atomic E-state index is 0.182. The Bertz CT molecular complexity index is 1190. The predicted octanol–water partition coefficient (Wildman–Crippen LogP) is 5.21. The Morgan fingerprint density at radius 1 is 0.733 bits per heavy atom. The second-order valence-corrected chi connectivity index (χ2v) is 8.25. The summed E-state index contributed by atoms with van der Waals surface area (Å²) in [6, 6.07) is 18.0. The van der Waals surface area contributed by atoms with Crippen LogP contribution in [0.5, 0.6) is 23.0 Å². The van der Waals surface area contributed by atoms with E-state index < -0.39 is 10.8 Å². The molecule has 30 heavy (non-hydrogen) atoms. The molecule has 1 atom stereocenters. The molecule has 4 nitrogen and oxygen atoms in total. The molecule has 4 heteroatoms. The number of benzene rings is 3. The molecule has 0 fully saturated rings. The van der Waals surface area contributed by atoms with Gasteiger partial charge in [-0.25, -0.2) is 0 Å². The van der Waals surface area contributed by atoms with Crippen molar-refractivity contribution in [1.29, 1.82) is 0 Å². The summed E-state index contributed by atoms with van der Waals surface area (Å²) in [5, 5.41) is 40.7. The van der Waals surface area contributed by atoms with E-state index in [0.717, 1.165) is 28.7 Å². The van der Waals surface area contributed by atoms with Crippen LogP contribution in [0, 0.1) is 5.41 Å². The van der Waals surface area contributed by atoms with Crippen LogP contribution in [0.1, 0.15) is 35.6 Å². The second kappa shape index (κ2) is 6.17. The maximum atomic E-state index is 10.4. The van der Waals surface area contributed by atoms with Gasteiger partial charge in [-0.05, 0) is 58.5 Å². The van der Waals surface area contributed by atoms with E-state index in [1.807, 2.05) is 24.3 Å². The molecule has 2 aliphatic rings. The number of fused-ring (bicyclic) bond motifs is 3. The maximum Gasteiger partial charge on any atom is 0.157 e. The van der Waals surface area contributed by atoms with Crippen LogP contribution in [-0.4, -0.2) is 20.4 Å². The van der Waals surface area contributed by atoms with Gasteiger partial charge in [-0.2, -0.15) is 0 Å². The molecule has 0 aliphatic heterocycles. The Morgan fingerprint density at radius 2 is 1.33 bits per heavy atom. The van der Waals surface area contributed by atoms with E-state index >= 15 is 0 Å². The van der Waals surface area contributed by atoms with E-state index in [-0.39, 0.29) is 23.0 Å². The van der Waals surface area contributed by atoms with Gasteiger partial charge in [-0.1, -0.05) is 61.5 Å². The molecule has 0 spiro atoms. The van der Waals surface area contributed by atoms with Gasteiger partial charge in [0.2, 0.25) is 0 Å². The molecule has 3 aromatic carbocycles. The largest absolute Gasteiger partial charge is 0.504 e. The van der Waals surface area contributed by atoms with E-state index in [2.05, 4.69) is 37.3 Å². The predicted molar refractivity (Wildman–Crippen MR) is 116 cm³/mol. The van der Waals surface area contributed by atoms with E-state index in [1.165, 1.54) is 17.7 Å². The highest BCUT2D eigenvalue weighted by Gasteiger charge is 2.59. The van der Waals surface area contributed by atoms with Gasteiger partial charge >= 0.3 is 0 Å². The number of phenolic OH excluding ortho intramolecular Hbond substituents is 4. The number of hydrogen-bond donors (Lipinski definition) is 4. The fourth-order valence-electron chi connectivity index (χ4n) is 5.47. The van der Waals surface area contributed by atoms with Crippen molar-refractivity contribution in [3.8, 4) is 23.0 Å². The summed E-state index contributed by atoms with van der Waals surface area (Å²) < 4.78 is 0. The van der Waals surface area contributed by atoms with Crippen LogP contribution in [-0.2, 0) is 5.41 Å². The van der Waals surface area contributed by atoms with Gasteiger partial charge in [0, 0.05) is 5.41 Å². The van der Waals surface area contributed by atoms with Crippen molar-refractivity contribution < 1.29 is 20.4 Å². The zero-order valence-electron chi connectivity index (χ0n) is 16.5. The monoisotopic (exact) mass is 398 g/mol. The number of phenols is 4. The highest BCUT2D eigenvalue weighted by Crippen LogP contribution is 2.67. The highest BCUT2D eigenvalue weighted by molar-refractivity contribution is 5.87. The molecule has 4 N–H and O–H groups in total. The topological polar surface area (TPSA) is 80.9 Å². The third-order valence-electron chi connectivity index (χ3n) is 6.79. The van der Waals surface area contributed by atoms with Crippen LogP contribution in [0.3, 0.4) is 0 Å². The standard InChI is InChI=1S/C26H22O4/c1-25-13-5-4-7-19(25)18-6-2-3-8-20(18)26(25,16-9-11-21(27)23(29)14-16)17-10-12-22(28)24(30)15-17/h2-12,14-15,27-30H,13H2,1H3. The minimum atomic E-state index is -0.753. The zero-order valence-corrected chi connectivity index (χ0v) is 16.5. The summed E-state index contributed by atoms with van der Waals surface area (Å²) in [5.74, 6) is -0.754. The third-order valence-corrected chi connectivity index (χ3v) is 6.79. The molecule has 1 unspecified atom stereocenters. The van der Waals surface area contributed by atoms with Crippen molar-refractivity contribution >= 4 is 5.57 Å². The number of rotatable bonds is 2. The van der Waals surface area contributed by atoms with Crippen LogP contribution >= 0.6 is 0 Å². The van der Waals surface area contributed by atoms with Crippen molar-refractivity contribution in [2.45, 2.75) is 18.8 Å². The minimum Gasteiger partial charge on any atom is -0.504 e. The summed E-state index contributed by atoms with van der Waals surface area (Å²) in [5.41, 5.74) is 3.78. The lowest BCUT2D eigenvalue weighted by molar-refractivity contribution is 0.316. The van der Waals surface area contributed by atoms with Crippen molar-refractivity contribution in [2.24, 2.45) is 5.41 Å². The lowest BCUT2D eigenvalue weighted by atomic mass is 9.54. The highest BCUT2D eigenvalue weighted by atomic mass is 16.3. The van der Waals surface area contributed by atoms with Crippen LogP contribution in [0.15, 0.2) is 78.9 Å². The first-order chi connectivity index (χ1) is 14.4. The van der Waals surface area contributed by atoms with Gasteiger partial charge in [0.1, 0.15) is 0 Å². The normalized spacial score (nSPS) is 21.0. The molecule has 0 saturated carbocycles. The summed E-state index contributed by atoms with van der Waals surface area (Å²) in [4.78, 5) is 0. The quantitative estimate of drug-likeness (QED) is 0.447. The Labute approximate surface area is 174 Å². The van der Waals surface area contributed by atoms with Gasteiger partial charge in [-0.15, -0.1) is 0 Å². The molecule has 0 saturated heterocycles. The summed E-state index contributed by atoms with van der Waals surface area (Å²) >= 11 is 0. The van der Waals surface area contributed by atoms with E-state index in [9.17, 15) is 20.4 Å². The first-order valence-electron chi connectivity index (χ1n) is 9.91. The van der Waals surface area contributed by atoms with Crippen molar-refractivity contribution in [1.82, 2.24) is 0 Å².